The van der Waals surface area contributed by atoms with Gasteiger partial charge in [-0.15, -0.1) is 36.4 Å². The van der Waals surface area contributed by atoms with Crippen molar-refractivity contribution in [2.24, 2.45) is 17.6 Å². The molecule has 52 heavy (non-hydrogen) atoms. The molecule has 2 aromatic carbocycles. The maximum absolute atomic E-state index is 12.1. The number of piperidine rings is 2. The molecule has 6 rings (SSSR count). The fourth-order valence-corrected chi connectivity index (χ4v) is 8.48. The molecule has 2 aliphatic carbocycles. The Kier molecular flexibility index (Phi) is 19.6. The van der Waals surface area contributed by atoms with Crippen LogP contribution in [0.1, 0.15) is 99.6 Å². The summed E-state index contributed by atoms with van der Waals surface area (Å²) in [6.45, 7) is 16.4. The smallest absolute Gasteiger partial charge is 0.412 e. The Balaban J connectivity index is 0.000000318. The molecule has 2 aliphatic heterocycles. The summed E-state index contributed by atoms with van der Waals surface area (Å²) in [4.78, 5) is 38.2. The molecule has 0 unspecified atom stereocenters. The van der Waals surface area contributed by atoms with Gasteiger partial charge in [0.25, 0.3) is 0 Å². The van der Waals surface area contributed by atoms with E-state index in [-0.39, 0.29) is 61.0 Å². The number of rotatable bonds is 8. The third kappa shape index (κ3) is 12.1. The molecule has 11 heteroatoms. The molecule has 0 radical (unpaired) electrons. The van der Waals surface area contributed by atoms with Crippen molar-refractivity contribution in [3.63, 3.8) is 0 Å². The van der Waals surface area contributed by atoms with Crippen molar-refractivity contribution in [2.75, 3.05) is 39.3 Å². The number of carbonyl (C=O) groups is 3. The number of hydrogen-bond donors (Lipinski definition) is 3. The predicted molar refractivity (Wildman–Crippen MR) is 223 cm³/mol. The first-order valence-corrected chi connectivity index (χ1v) is 19.0. The van der Waals surface area contributed by atoms with Crippen molar-refractivity contribution >= 4 is 54.0 Å². The number of phenolic OH excluding ortho intramolecular Hbond substituents is 1. The van der Waals surface area contributed by atoms with Gasteiger partial charge in [0.1, 0.15) is 23.1 Å². The van der Waals surface area contributed by atoms with Crippen molar-refractivity contribution < 1.29 is 24.2 Å². The molecular formula is C41H64ClIN4O5. The first-order valence-electron chi connectivity index (χ1n) is 19.0. The van der Waals surface area contributed by atoms with E-state index in [1.54, 1.807) is 0 Å². The predicted octanol–water partition coefficient (Wildman–Crippen LogP) is 7.13. The molecule has 4 atom stereocenters. The van der Waals surface area contributed by atoms with Crippen LogP contribution >= 0.6 is 36.4 Å². The Hall–Kier alpha value is -2.25. The van der Waals surface area contributed by atoms with Gasteiger partial charge in [-0.05, 0) is 163 Å². The zero-order valence-electron chi connectivity index (χ0n) is 32.3. The number of hydrogen-bond acceptors (Lipinski definition) is 8. The molecule has 0 aromatic heterocycles. The van der Waals surface area contributed by atoms with Crippen molar-refractivity contribution in [3.05, 3.63) is 57.6 Å². The minimum atomic E-state index is -0.546. The fourth-order valence-electron chi connectivity index (χ4n) is 8.48. The second-order valence-corrected chi connectivity index (χ2v) is 14.9. The maximum Gasteiger partial charge on any atom is 0.412 e. The maximum atomic E-state index is 12.1. The Morgan fingerprint density at radius 2 is 1.29 bits per heavy atom. The number of benzene rings is 2. The van der Waals surface area contributed by atoms with Gasteiger partial charge < -0.3 is 20.9 Å². The standard InChI is InChI=1S/C21H30N2O3.C17H25NO.C3H7NO.ClH.HI/c1-4-9-23-10-5-6-17-11-18-16(12-19(17)23)8-7-14(2)20(18)26-21(25)22-13-15(3)24;1-3-8-18-9-4-5-14-10-15-13(11-16(14)18)7-6-12(2)17(15)19;1-3(5)2-4;;/h7-8,17,19H,4-6,9-13H2,1-3H3,(H,22,25);6-7,14,16,19H,3-5,8-11H2,1-2H3;2,4H2,1H3;2*1H/t17-,19-;14-,16-;;;/m11.../s1. The summed E-state index contributed by atoms with van der Waals surface area (Å²) in [6, 6.07) is 9.86. The molecule has 292 valence electrons. The summed E-state index contributed by atoms with van der Waals surface area (Å²) in [6.07, 6.45) is 11.2. The highest BCUT2D eigenvalue weighted by Gasteiger charge is 2.37. The van der Waals surface area contributed by atoms with Gasteiger partial charge in [-0.1, -0.05) is 38.1 Å². The normalized spacial score (nSPS) is 21.7. The minimum absolute atomic E-state index is 0. The summed E-state index contributed by atoms with van der Waals surface area (Å²) >= 11 is 0. The van der Waals surface area contributed by atoms with Crippen molar-refractivity contribution in [1.29, 1.82) is 0 Å². The number of nitrogens with zero attached hydrogens (tertiary/aromatic N) is 2. The molecule has 9 nitrogen and oxygen atoms in total. The van der Waals surface area contributed by atoms with E-state index in [9.17, 15) is 19.5 Å². The molecule has 0 saturated carbocycles. The highest BCUT2D eigenvalue weighted by molar-refractivity contribution is 14.0. The first kappa shape index (κ1) is 45.9. The summed E-state index contributed by atoms with van der Waals surface area (Å²) in [5.41, 5.74) is 11.9. The van der Waals surface area contributed by atoms with Gasteiger partial charge in [0, 0.05) is 12.1 Å². The lowest BCUT2D eigenvalue weighted by atomic mass is 9.74. The van der Waals surface area contributed by atoms with E-state index in [0.29, 0.717) is 29.5 Å². The number of aryl methyl sites for hydroxylation is 2. The van der Waals surface area contributed by atoms with E-state index in [1.807, 2.05) is 19.9 Å². The molecule has 4 N–H and O–H groups in total. The number of Topliss-reactive ketones (excluding diaryl/α,β-unsaturated/α-hetero) is 2. The van der Waals surface area contributed by atoms with E-state index in [2.05, 4.69) is 47.2 Å². The fraction of sp³-hybridized carbons (Fsp3) is 0.634. The van der Waals surface area contributed by atoms with Crippen molar-refractivity contribution in [2.45, 2.75) is 118 Å². The van der Waals surface area contributed by atoms with Gasteiger partial charge in [-0.25, -0.2) is 4.79 Å². The Bertz CT molecular complexity index is 1490. The van der Waals surface area contributed by atoms with Crippen LogP contribution in [0, 0.1) is 25.7 Å². The number of fused-ring (bicyclic) bond motifs is 4. The number of ether oxygens (including phenoxy) is 1. The number of aromatic hydroxyl groups is 1. The van der Waals surface area contributed by atoms with Crippen LogP contribution < -0.4 is 15.8 Å². The van der Waals surface area contributed by atoms with E-state index >= 15 is 0 Å². The molecule has 2 fully saturated rings. The van der Waals surface area contributed by atoms with Crippen LogP contribution in [0.2, 0.25) is 0 Å². The van der Waals surface area contributed by atoms with E-state index in [0.717, 1.165) is 42.7 Å². The first-order chi connectivity index (χ1) is 24.0. The topological polar surface area (TPSA) is 125 Å². The number of nitrogens with one attached hydrogen (secondary N) is 1. The molecule has 2 saturated heterocycles. The quantitative estimate of drug-likeness (QED) is 0.240. The number of phenols is 1. The summed E-state index contributed by atoms with van der Waals surface area (Å²) in [7, 11) is 0. The highest BCUT2D eigenvalue weighted by Crippen LogP contribution is 2.41. The Labute approximate surface area is 335 Å². The van der Waals surface area contributed by atoms with E-state index in [4.69, 9.17) is 10.5 Å². The number of ketones is 2. The zero-order valence-corrected chi connectivity index (χ0v) is 35.4. The van der Waals surface area contributed by atoms with Gasteiger partial charge >= 0.3 is 6.09 Å². The van der Waals surface area contributed by atoms with Gasteiger partial charge in [0.15, 0.2) is 0 Å². The molecular weight excluding hydrogens is 791 g/mol. The average molecular weight is 855 g/mol. The van der Waals surface area contributed by atoms with Crippen LogP contribution in [0.5, 0.6) is 11.5 Å². The van der Waals surface area contributed by atoms with Crippen LogP contribution in [-0.2, 0) is 35.3 Å². The van der Waals surface area contributed by atoms with E-state index < -0.39 is 6.09 Å². The molecule has 2 aromatic rings. The highest BCUT2D eigenvalue weighted by atomic mass is 127. The second-order valence-electron chi connectivity index (χ2n) is 14.9. The SMILES string of the molecule is CC(=O)CN.CCCN1CCC[C@@H]2Cc3c(ccc(C)c3O)C[C@H]21.CCCN1CCC[C@@H]2Cc3c(ccc(C)c3OC(=O)NCC(C)=O)C[C@H]21.Cl.I. The van der Waals surface area contributed by atoms with E-state index in [1.165, 1.54) is 101 Å². The monoisotopic (exact) mass is 854 g/mol. The van der Waals surface area contributed by atoms with Crippen molar-refractivity contribution in [1.82, 2.24) is 15.1 Å². The molecule has 2 heterocycles. The number of nitrogens with two attached hydrogens (primary N) is 1. The summed E-state index contributed by atoms with van der Waals surface area (Å²) in [5, 5.41) is 12.8. The van der Waals surface area contributed by atoms with Crippen LogP contribution in [0.15, 0.2) is 24.3 Å². The van der Waals surface area contributed by atoms with Crippen LogP contribution in [0.4, 0.5) is 4.79 Å². The summed E-state index contributed by atoms with van der Waals surface area (Å²) < 4.78 is 5.63. The lowest BCUT2D eigenvalue weighted by Crippen LogP contribution is -2.49. The van der Waals surface area contributed by atoms with Gasteiger partial charge in [-0.2, -0.15) is 0 Å². The Morgan fingerprint density at radius 1 is 0.808 bits per heavy atom. The molecule has 0 bridgehead atoms. The van der Waals surface area contributed by atoms with Crippen LogP contribution in [-0.4, -0.2) is 83.9 Å². The molecule has 1 amide bonds. The Morgan fingerprint density at radius 3 is 1.77 bits per heavy atom. The lowest BCUT2D eigenvalue weighted by molar-refractivity contribution is -0.116. The van der Waals surface area contributed by atoms with Gasteiger partial charge in [-0.3, -0.25) is 19.4 Å². The lowest BCUT2D eigenvalue weighted by Gasteiger charge is -2.45. The van der Waals surface area contributed by atoms with Gasteiger partial charge in [0.05, 0.1) is 13.1 Å². The second kappa shape index (κ2) is 22.2. The number of likely N-dealkylation sites (tertiary alicyclic amines) is 2. The number of carbonyl (C=O) groups excluding carboxylic acids is 3. The third-order valence-electron chi connectivity index (χ3n) is 11.0. The zero-order chi connectivity index (χ0) is 36.4. The van der Waals surface area contributed by atoms with Crippen LogP contribution in [0.25, 0.3) is 0 Å². The van der Waals surface area contributed by atoms with Crippen molar-refractivity contribution in [3.8, 4) is 11.5 Å². The van der Waals surface area contributed by atoms with Gasteiger partial charge in [0.2, 0.25) is 0 Å². The third-order valence-corrected chi connectivity index (χ3v) is 11.0. The minimum Gasteiger partial charge on any atom is -0.507 e. The molecule has 0 spiro atoms. The number of amides is 1. The average Bonchev–Trinajstić information content (AvgIpc) is 3.10. The van der Waals surface area contributed by atoms with Crippen LogP contribution in [0.3, 0.4) is 0 Å². The molecule has 4 aliphatic rings. The number of halogens is 2. The largest absolute Gasteiger partial charge is 0.507 e. The summed E-state index contributed by atoms with van der Waals surface area (Å²) in [5.74, 6) is 2.57.